The number of hydrogen-bond acceptors (Lipinski definition) is 2. The third-order valence-electron chi connectivity index (χ3n) is 2.80. The molecule has 1 amide bonds. The van der Waals surface area contributed by atoms with E-state index in [0.717, 1.165) is 6.42 Å². The Morgan fingerprint density at radius 1 is 1.55 bits per heavy atom. The summed E-state index contributed by atoms with van der Waals surface area (Å²) in [6.45, 7) is 0. The Hall–Kier alpha value is -0.770. The van der Waals surface area contributed by atoms with Gasteiger partial charge in [-0.15, -0.1) is 0 Å². The highest BCUT2D eigenvalue weighted by Gasteiger charge is 2.52. The van der Waals surface area contributed by atoms with E-state index in [9.17, 15) is 4.79 Å². The number of carbonyl (C=O) groups is 1. The molecule has 0 radical (unpaired) electrons. The molecular weight excluding hydrogens is 144 g/mol. The maximum Gasteiger partial charge on any atom is 0.404 e. The Morgan fingerprint density at radius 2 is 2.27 bits per heavy atom. The molecule has 0 aromatic heterocycles. The summed E-state index contributed by atoms with van der Waals surface area (Å²) in [6.07, 6.45) is 1.20. The van der Waals surface area contributed by atoms with Crippen LogP contribution >= 0.6 is 0 Å². The van der Waals surface area contributed by atoms with Crippen LogP contribution in [0.3, 0.4) is 0 Å². The third-order valence-corrected chi connectivity index (χ3v) is 2.80. The van der Waals surface area contributed by atoms with Gasteiger partial charge in [-0.1, -0.05) is 0 Å². The van der Waals surface area contributed by atoms with Crippen molar-refractivity contribution in [3.63, 3.8) is 0 Å². The minimum absolute atomic E-state index is 0.0104. The van der Waals surface area contributed by atoms with Crippen molar-refractivity contribution >= 4 is 6.09 Å². The topological polar surface area (TPSA) is 75.3 Å². The summed E-state index contributed by atoms with van der Waals surface area (Å²) in [4.78, 5) is 10.3. The van der Waals surface area contributed by atoms with E-state index in [1.54, 1.807) is 0 Å². The average molecular weight is 156 g/mol. The summed E-state index contributed by atoms with van der Waals surface area (Å²) >= 11 is 0. The van der Waals surface area contributed by atoms with Gasteiger partial charge in [-0.3, -0.25) is 0 Å². The minimum Gasteiger partial charge on any atom is -0.465 e. The molecule has 4 N–H and O–H groups in total. The molecule has 0 spiro atoms. The second-order valence-electron chi connectivity index (χ2n) is 3.53. The van der Waals surface area contributed by atoms with Gasteiger partial charge in [0.1, 0.15) is 0 Å². The highest BCUT2D eigenvalue weighted by atomic mass is 16.4. The lowest BCUT2D eigenvalue weighted by Gasteiger charge is -2.17. The minimum atomic E-state index is -0.952. The second kappa shape index (κ2) is 2.11. The zero-order valence-corrected chi connectivity index (χ0v) is 6.16. The van der Waals surface area contributed by atoms with E-state index in [1.165, 1.54) is 6.42 Å². The van der Waals surface area contributed by atoms with Crippen LogP contribution in [0.2, 0.25) is 0 Å². The largest absolute Gasteiger partial charge is 0.465 e. The smallest absolute Gasteiger partial charge is 0.404 e. The normalized spacial score (nSPS) is 46.6. The summed E-state index contributed by atoms with van der Waals surface area (Å²) in [5, 5.41) is 10.9. The molecule has 0 heterocycles. The van der Waals surface area contributed by atoms with Crippen molar-refractivity contribution in [2.75, 3.05) is 0 Å². The molecule has 2 fully saturated rings. The van der Waals surface area contributed by atoms with Crippen molar-refractivity contribution in [3.8, 4) is 0 Å². The SMILES string of the molecule is N[C@@H]1[C@H]2C[C@H]2C[C@@H]1NC(=O)O. The molecule has 2 rings (SSSR count). The van der Waals surface area contributed by atoms with Gasteiger partial charge in [-0.2, -0.15) is 0 Å². The van der Waals surface area contributed by atoms with Crippen LogP contribution in [0.1, 0.15) is 12.8 Å². The van der Waals surface area contributed by atoms with Crippen molar-refractivity contribution in [2.24, 2.45) is 17.6 Å². The predicted molar refractivity (Wildman–Crippen MR) is 39.1 cm³/mol. The Morgan fingerprint density at radius 3 is 2.73 bits per heavy atom. The van der Waals surface area contributed by atoms with E-state index >= 15 is 0 Å². The molecule has 0 unspecified atom stereocenters. The van der Waals surface area contributed by atoms with Gasteiger partial charge in [0.2, 0.25) is 0 Å². The summed E-state index contributed by atoms with van der Waals surface area (Å²) in [7, 11) is 0. The van der Waals surface area contributed by atoms with Gasteiger partial charge in [-0.05, 0) is 24.7 Å². The molecule has 62 valence electrons. The van der Waals surface area contributed by atoms with Crippen molar-refractivity contribution in [1.29, 1.82) is 0 Å². The Bertz CT molecular complexity index is 195. The van der Waals surface area contributed by atoms with Gasteiger partial charge in [0.05, 0.1) is 0 Å². The Labute approximate surface area is 64.8 Å². The molecule has 4 atom stereocenters. The molecule has 0 aliphatic heterocycles. The zero-order valence-electron chi connectivity index (χ0n) is 6.16. The molecule has 4 nitrogen and oxygen atoms in total. The number of hydrogen-bond donors (Lipinski definition) is 3. The monoisotopic (exact) mass is 156 g/mol. The van der Waals surface area contributed by atoms with Crippen LogP contribution in [0.25, 0.3) is 0 Å². The Balaban J connectivity index is 1.91. The lowest BCUT2D eigenvalue weighted by Crippen LogP contribution is -2.45. The summed E-state index contributed by atoms with van der Waals surface area (Å²) in [6, 6.07) is 0.0762. The first-order valence-corrected chi connectivity index (χ1v) is 3.93. The molecule has 11 heavy (non-hydrogen) atoms. The van der Waals surface area contributed by atoms with Gasteiger partial charge in [0.25, 0.3) is 0 Å². The van der Waals surface area contributed by atoms with Crippen LogP contribution in [-0.4, -0.2) is 23.3 Å². The van der Waals surface area contributed by atoms with Crippen molar-refractivity contribution in [1.82, 2.24) is 5.32 Å². The van der Waals surface area contributed by atoms with Gasteiger partial charge in [0.15, 0.2) is 0 Å². The van der Waals surface area contributed by atoms with Crippen LogP contribution in [0.5, 0.6) is 0 Å². The Kier molecular flexibility index (Phi) is 1.32. The molecule has 0 aromatic rings. The van der Waals surface area contributed by atoms with E-state index < -0.39 is 6.09 Å². The summed E-state index contributed by atoms with van der Waals surface area (Å²) in [5.41, 5.74) is 5.79. The third kappa shape index (κ3) is 1.07. The molecule has 0 aromatic carbocycles. The number of carboxylic acid groups (broad SMARTS) is 1. The van der Waals surface area contributed by atoms with Crippen molar-refractivity contribution in [3.05, 3.63) is 0 Å². The van der Waals surface area contributed by atoms with E-state index in [-0.39, 0.29) is 12.1 Å². The summed E-state index contributed by atoms with van der Waals surface area (Å²) < 4.78 is 0. The van der Waals surface area contributed by atoms with E-state index in [2.05, 4.69) is 5.32 Å². The summed E-state index contributed by atoms with van der Waals surface area (Å²) in [5.74, 6) is 1.31. The van der Waals surface area contributed by atoms with Crippen LogP contribution in [0.4, 0.5) is 4.79 Å². The van der Waals surface area contributed by atoms with Gasteiger partial charge >= 0.3 is 6.09 Å². The first-order chi connectivity index (χ1) is 5.18. The quantitative estimate of drug-likeness (QED) is 0.499. The highest BCUT2D eigenvalue weighted by Crippen LogP contribution is 2.50. The standard InChI is InChI=1S/C7H12N2O2/c8-6-4-1-3(4)2-5(6)9-7(10)11/h3-6,9H,1-2,8H2,(H,10,11)/t3-,4-,5-,6+/m0/s1. The fraction of sp³-hybridized carbons (Fsp3) is 0.857. The number of nitrogens with one attached hydrogen (secondary N) is 1. The first kappa shape index (κ1) is 6.91. The predicted octanol–water partition coefficient (Wildman–Crippen LogP) is -0.0103. The number of fused-ring (bicyclic) bond motifs is 1. The fourth-order valence-electron chi connectivity index (χ4n) is 2.11. The van der Waals surface area contributed by atoms with E-state index in [4.69, 9.17) is 10.8 Å². The highest BCUT2D eigenvalue weighted by molar-refractivity contribution is 5.65. The zero-order chi connectivity index (χ0) is 8.01. The molecule has 2 aliphatic rings. The van der Waals surface area contributed by atoms with Gasteiger partial charge in [-0.25, -0.2) is 4.79 Å². The van der Waals surface area contributed by atoms with Crippen LogP contribution in [0.15, 0.2) is 0 Å². The first-order valence-electron chi connectivity index (χ1n) is 3.93. The molecule has 0 bridgehead atoms. The van der Waals surface area contributed by atoms with E-state index in [0.29, 0.717) is 11.8 Å². The maximum atomic E-state index is 10.3. The number of rotatable bonds is 1. The lowest BCUT2D eigenvalue weighted by molar-refractivity contribution is 0.187. The average Bonchev–Trinajstić information content (AvgIpc) is 2.58. The van der Waals surface area contributed by atoms with Gasteiger partial charge < -0.3 is 16.2 Å². The molecule has 2 aliphatic carbocycles. The van der Waals surface area contributed by atoms with E-state index in [1.807, 2.05) is 0 Å². The molecule has 0 saturated heterocycles. The number of amides is 1. The van der Waals surface area contributed by atoms with Crippen molar-refractivity contribution < 1.29 is 9.90 Å². The van der Waals surface area contributed by atoms with Crippen LogP contribution < -0.4 is 11.1 Å². The lowest BCUT2D eigenvalue weighted by atomic mass is 10.1. The van der Waals surface area contributed by atoms with Crippen molar-refractivity contribution in [2.45, 2.75) is 24.9 Å². The second-order valence-corrected chi connectivity index (χ2v) is 3.53. The molecule has 2 saturated carbocycles. The van der Waals surface area contributed by atoms with Crippen LogP contribution in [0, 0.1) is 11.8 Å². The van der Waals surface area contributed by atoms with Gasteiger partial charge in [0, 0.05) is 12.1 Å². The molecular formula is C7H12N2O2. The van der Waals surface area contributed by atoms with Crippen LogP contribution in [-0.2, 0) is 0 Å². The number of nitrogens with two attached hydrogens (primary N) is 1. The fourth-order valence-corrected chi connectivity index (χ4v) is 2.11. The maximum absolute atomic E-state index is 10.3. The molecule has 4 heteroatoms.